The molecule has 2 amide bonds. The highest BCUT2D eigenvalue weighted by atomic mass is 16.3. The Hall–Kier alpha value is -1.68. The minimum absolute atomic E-state index is 0.136. The van der Waals surface area contributed by atoms with Crippen molar-refractivity contribution in [3.8, 4) is 0 Å². The molecule has 8 heteroatoms. The third-order valence-electron chi connectivity index (χ3n) is 4.73. The monoisotopic (exact) mass is 370 g/mol. The Labute approximate surface area is 153 Å². The first kappa shape index (κ1) is 22.4. The van der Waals surface area contributed by atoms with Crippen molar-refractivity contribution in [1.82, 2.24) is 0 Å². The molecule has 4 N–H and O–H groups in total. The lowest BCUT2D eigenvalue weighted by atomic mass is 10.1. The number of rotatable bonds is 10. The number of carbonyl (C=O) groups excluding carboxylic acids is 2. The van der Waals surface area contributed by atoms with Gasteiger partial charge < -0.3 is 20.4 Å². The molecular weight excluding hydrogens is 340 g/mol. The number of carbonyl (C=O) groups is 2. The first-order valence-electron chi connectivity index (χ1n) is 8.60. The van der Waals surface area contributed by atoms with Gasteiger partial charge in [-0.2, -0.15) is 0 Å². The van der Waals surface area contributed by atoms with Crippen molar-refractivity contribution in [2.45, 2.75) is 0 Å². The summed E-state index contributed by atoms with van der Waals surface area (Å²) in [6.45, 7) is -0.00397. The van der Waals surface area contributed by atoms with Crippen LogP contribution in [0.3, 0.4) is 0 Å². The van der Waals surface area contributed by atoms with E-state index in [1.54, 1.807) is 38.4 Å². The quantitative estimate of drug-likeness (QED) is 0.386. The van der Waals surface area contributed by atoms with E-state index in [-0.39, 0.29) is 73.4 Å². The Morgan fingerprint density at radius 3 is 1.08 bits per heavy atom. The molecule has 0 saturated heterocycles. The highest BCUT2D eigenvalue weighted by molar-refractivity contribution is 5.92. The van der Waals surface area contributed by atoms with Crippen LogP contribution in [-0.4, -0.2) is 108 Å². The zero-order valence-electron chi connectivity index (χ0n) is 15.5. The molecule has 0 heterocycles. The molecule has 26 heavy (non-hydrogen) atoms. The van der Waals surface area contributed by atoms with Crippen molar-refractivity contribution < 1.29 is 39.0 Å². The Kier molecular flexibility index (Phi) is 8.48. The molecule has 0 spiro atoms. The van der Waals surface area contributed by atoms with E-state index < -0.39 is 0 Å². The second-order valence-electron chi connectivity index (χ2n) is 6.77. The van der Waals surface area contributed by atoms with Gasteiger partial charge in [0.2, 0.25) is 0 Å². The Morgan fingerprint density at radius 1 is 0.654 bits per heavy atom. The van der Waals surface area contributed by atoms with Crippen molar-refractivity contribution in [2.24, 2.45) is 0 Å². The van der Waals surface area contributed by atoms with Gasteiger partial charge >= 0.3 is 11.8 Å². The largest absolute Gasteiger partial charge is 0.390 e. The molecule has 1 aromatic rings. The second-order valence-corrected chi connectivity index (χ2v) is 6.77. The average molecular weight is 370 g/mol. The standard InChI is InChI=1S/C18H30N2O6/c1-19(7-11-21,8-12-22)17(25)15-3-5-16(6-4-15)18(26)20(2,9-13-23)10-14-24/h3-6,21-24H,7-14H2,1-2H3/q+2. The molecule has 0 aliphatic carbocycles. The Bertz CT molecular complexity index is 537. The molecule has 0 fully saturated rings. The van der Waals surface area contributed by atoms with E-state index in [9.17, 15) is 30.0 Å². The van der Waals surface area contributed by atoms with Crippen molar-refractivity contribution in [3.63, 3.8) is 0 Å². The van der Waals surface area contributed by atoms with Gasteiger partial charge in [-0.3, -0.25) is 8.97 Å². The summed E-state index contributed by atoms with van der Waals surface area (Å²) in [5, 5.41) is 36.8. The van der Waals surface area contributed by atoms with Crippen LogP contribution in [-0.2, 0) is 0 Å². The molecule has 0 radical (unpaired) electrons. The SMILES string of the molecule is C[N+](CCO)(CCO)C(=O)c1ccc(C(=O)[N+](C)(CCO)CCO)cc1. The predicted octanol–water partition coefficient (Wildman–Crippen LogP) is -1.17. The molecule has 8 nitrogen and oxygen atoms in total. The maximum Gasteiger partial charge on any atom is 0.345 e. The molecule has 0 saturated carbocycles. The van der Waals surface area contributed by atoms with Gasteiger partial charge in [0.15, 0.2) is 0 Å². The van der Waals surface area contributed by atoms with Crippen molar-refractivity contribution in [1.29, 1.82) is 0 Å². The smallest absolute Gasteiger partial charge is 0.345 e. The summed E-state index contributed by atoms with van der Waals surface area (Å²) in [7, 11) is 3.29. The van der Waals surface area contributed by atoms with E-state index in [4.69, 9.17) is 0 Å². The Balaban J connectivity index is 3.07. The maximum absolute atomic E-state index is 12.7. The molecule has 0 unspecified atom stereocenters. The van der Waals surface area contributed by atoms with Gasteiger partial charge in [-0.25, -0.2) is 9.59 Å². The van der Waals surface area contributed by atoms with Gasteiger partial charge in [0.25, 0.3) is 0 Å². The highest BCUT2D eigenvalue weighted by Crippen LogP contribution is 2.16. The zero-order valence-corrected chi connectivity index (χ0v) is 15.5. The molecular formula is C18H30N2O6+2. The second kappa shape index (κ2) is 9.86. The topological polar surface area (TPSA) is 115 Å². The molecule has 0 bridgehead atoms. The van der Waals surface area contributed by atoms with Crippen molar-refractivity contribution in [3.05, 3.63) is 35.4 Å². The number of amides is 2. The summed E-state index contributed by atoms with van der Waals surface area (Å²) in [6, 6.07) is 6.18. The van der Waals surface area contributed by atoms with E-state index in [1.165, 1.54) is 0 Å². The number of aliphatic hydroxyl groups excluding tert-OH is 4. The van der Waals surface area contributed by atoms with Crippen LogP contribution < -0.4 is 0 Å². The van der Waals surface area contributed by atoms with Crippen molar-refractivity contribution in [2.75, 3.05) is 66.7 Å². The summed E-state index contributed by atoms with van der Waals surface area (Å²) < 4.78 is -0.272. The molecule has 0 aliphatic heterocycles. The normalized spacial score (nSPS) is 12.2. The number of quaternary nitrogens is 2. The third-order valence-corrected chi connectivity index (χ3v) is 4.73. The molecule has 1 rings (SSSR count). The van der Waals surface area contributed by atoms with Gasteiger partial charge in [0.1, 0.15) is 26.2 Å². The molecule has 146 valence electrons. The summed E-state index contributed by atoms with van der Waals surface area (Å²) in [6.07, 6.45) is 0. The van der Waals surface area contributed by atoms with E-state index in [0.717, 1.165) is 0 Å². The first-order chi connectivity index (χ1) is 12.3. The van der Waals surface area contributed by atoms with E-state index in [0.29, 0.717) is 11.1 Å². The molecule has 0 aliphatic rings. The first-order valence-corrected chi connectivity index (χ1v) is 8.60. The fraction of sp³-hybridized carbons (Fsp3) is 0.556. The van der Waals surface area contributed by atoms with E-state index in [1.807, 2.05) is 0 Å². The van der Waals surface area contributed by atoms with E-state index >= 15 is 0 Å². The molecule has 0 aromatic heterocycles. The maximum atomic E-state index is 12.7. The van der Waals surface area contributed by atoms with Gasteiger partial charge in [-0.05, 0) is 24.3 Å². The van der Waals surface area contributed by atoms with Crippen LogP contribution in [0.15, 0.2) is 24.3 Å². The number of benzene rings is 1. The van der Waals surface area contributed by atoms with Crippen LogP contribution in [0.5, 0.6) is 0 Å². The number of likely N-dealkylation sites (N-methyl/N-ethyl adjacent to an activating group) is 2. The number of aliphatic hydroxyl groups is 4. The van der Waals surface area contributed by atoms with Crippen LogP contribution in [0.4, 0.5) is 0 Å². The van der Waals surface area contributed by atoms with Gasteiger partial charge in [-0.1, -0.05) is 0 Å². The summed E-state index contributed by atoms with van der Waals surface area (Å²) in [4.78, 5) is 25.4. The Morgan fingerprint density at radius 2 is 0.885 bits per heavy atom. The summed E-state index contributed by atoms with van der Waals surface area (Å²) in [5.41, 5.74) is 0.758. The lowest BCUT2D eigenvalue weighted by Crippen LogP contribution is -2.53. The number of nitrogens with zero attached hydrogens (tertiary/aromatic N) is 2. The molecule has 0 atom stereocenters. The minimum atomic E-state index is -0.255. The predicted molar refractivity (Wildman–Crippen MR) is 95.3 cm³/mol. The lowest BCUT2D eigenvalue weighted by Gasteiger charge is -2.31. The third kappa shape index (κ3) is 5.16. The van der Waals surface area contributed by atoms with Crippen molar-refractivity contribution >= 4 is 11.8 Å². The van der Waals surface area contributed by atoms with Crippen LogP contribution in [0.25, 0.3) is 0 Å². The van der Waals surface area contributed by atoms with Gasteiger partial charge in [-0.15, -0.1) is 0 Å². The summed E-state index contributed by atoms with van der Waals surface area (Å²) in [5.74, 6) is -0.509. The van der Waals surface area contributed by atoms with E-state index in [2.05, 4.69) is 0 Å². The van der Waals surface area contributed by atoms with Gasteiger partial charge in [0.05, 0.1) is 51.6 Å². The highest BCUT2D eigenvalue weighted by Gasteiger charge is 2.34. The molecule has 1 aromatic carbocycles. The minimum Gasteiger partial charge on any atom is -0.390 e. The van der Waals surface area contributed by atoms with Crippen LogP contribution in [0.1, 0.15) is 20.7 Å². The van der Waals surface area contributed by atoms with Crippen LogP contribution >= 0.6 is 0 Å². The average Bonchev–Trinajstić information content (AvgIpc) is 2.61. The van der Waals surface area contributed by atoms with Crippen LogP contribution in [0.2, 0.25) is 0 Å². The zero-order chi connectivity index (χ0) is 19.8. The van der Waals surface area contributed by atoms with Crippen LogP contribution in [0, 0.1) is 0 Å². The lowest BCUT2D eigenvalue weighted by molar-refractivity contribution is -0.830. The number of hydrogen-bond donors (Lipinski definition) is 4. The fourth-order valence-corrected chi connectivity index (χ4v) is 2.89. The number of hydrogen-bond acceptors (Lipinski definition) is 6. The summed E-state index contributed by atoms with van der Waals surface area (Å²) >= 11 is 0. The fourth-order valence-electron chi connectivity index (χ4n) is 2.89. The van der Waals surface area contributed by atoms with Gasteiger partial charge in [0, 0.05) is 0 Å².